The lowest BCUT2D eigenvalue weighted by atomic mass is 9.93. The molecule has 0 radical (unpaired) electrons. The van der Waals surface area contributed by atoms with Gasteiger partial charge in [0.25, 0.3) is 6.01 Å². The Morgan fingerprint density at radius 1 is 1.12 bits per heavy atom. The molecule has 2 fully saturated rings. The molecule has 2 aliphatic heterocycles. The smallest absolute Gasteiger partial charge is 0.298 e. The Balaban J connectivity index is 1.27. The van der Waals surface area contributed by atoms with Gasteiger partial charge in [0.15, 0.2) is 5.58 Å². The molecule has 1 aromatic heterocycles. The largest absolute Gasteiger partial charge is 0.423 e. The van der Waals surface area contributed by atoms with Crippen LogP contribution in [0.3, 0.4) is 0 Å². The van der Waals surface area contributed by atoms with Gasteiger partial charge < -0.3 is 19.1 Å². The van der Waals surface area contributed by atoms with Crippen LogP contribution in [-0.2, 0) is 4.79 Å². The zero-order chi connectivity index (χ0) is 17.9. The van der Waals surface area contributed by atoms with Gasteiger partial charge in [-0.2, -0.15) is 4.98 Å². The minimum atomic E-state index is 0.334. The number of carbonyl (C=O) groups excluding carboxylic acids is 1. The predicted octanol–water partition coefficient (Wildman–Crippen LogP) is 2.60. The molecule has 0 spiro atoms. The van der Waals surface area contributed by atoms with Crippen LogP contribution in [0, 0.1) is 5.92 Å². The lowest BCUT2D eigenvalue weighted by Gasteiger charge is -2.36. The number of anilines is 1. The van der Waals surface area contributed by atoms with Gasteiger partial charge in [-0.1, -0.05) is 19.1 Å². The van der Waals surface area contributed by atoms with Gasteiger partial charge in [-0.15, -0.1) is 0 Å². The molecule has 2 aromatic rings. The molecule has 0 N–H and O–H groups in total. The van der Waals surface area contributed by atoms with E-state index >= 15 is 0 Å². The van der Waals surface area contributed by atoms with Crippen molar-refractivity contribution in [1.29, 1.82) is 0 Å². The van der Waals surface area contributed by atoms with Crippen molar-refractivity contribution < 1.29 is 9.21 Å². The zero-order valence-electron chi connectivity index (χ0n) is 15.6. The molecular weight excluding hydrogens is 328 g/mol. The fourth-order valence-corrected chi connectivity index (χ4v) is 4.01. The Labute approximate surface area is 154 Å². The Hall–Kier alpha value is -2.08. The van der Waals surface area contributed by atoms with E-state index in [1.165, 1.54) is 0 Å². The van der Waals surface area contributed by atoms with E-state index < -0.39 is 0 Å². The standard InChI is InChI=1S/C20H28N4O2/c1-2-22-11-13-23(14-12-22)19(25)15-16-7-9-24(10-8-16)20-21-17-5-3-4-6-18(17)26-20/h3-6,16H,2,7-15H2,1H3. The highest BCUT2D eigenvalue weighted by molar-refractivity contribution is 5.76. The summed E-state index contributed by atoms with van der Waals surface area (Å²) in [6.07, 6.45) is 2.74. The number of piperidine rings is 1. The first-order chi connectivity index (χ1) is 12.7. The third kappa shape index (κ3) is 3.70. The zero-order valence-corrected chi connectivity index (χ0v) is 15.6. The predicted molar refractivity (Wildman–Crippen MR) is 102 cm³/mol. The van der Waals surface area contributed by atoms with Gasteiger partial charge in [-0.3, -0.25) is 4.79 Å². The molecule has 0 atom stereocenters. The highest BCUT2D eigenvalue weighted by Crippen LogP contribution is 2.28. The van der Waals surface area contributed by atoms with Gasteiger partial charge in [-0.05, 0) is 37.4 Å². The Kier molecular flexibility index (Phi) is 5.11. The summed E-state index contributed by atoms with van der Waals surface area (Å²) in [5.41, 5.74) is 1.75. The van der Waals surface area contributed by atoms with E-state index in [-0.39, 0.29) is 0 Å². The van der Waals surface area contributed by atoms with Crippen LogP contribution in [0.5, 0.6) is 0 Å². The molecule has 0 saturated carbocycles. The van der Waals surface area contributed by atoms with Crippen molar-refractivity contribution in [1.82, 2.24) is 14.8 Å². The molecule has 2 aliphatic rings. The molecule has 0 bridgehead atoms. The first kappa shape index (κ1) is 17.3. The number of amides is 1. The number of hydrogen-bond acceptors (Lipinski definition) is 5. The number of fused-ring (bicyclic) bond motifs is 1. The molecule has 1 amide bonds. The van der Waals surface area contributed by atoms with Crippen LogP contribution in [0.4, 0.5) is 6.01 Å². The summed E-state index contributed by atoms with van der Waals surface area (Å²) >= 11 is 0. The highest BCUT2D eigenvalue weighted by Gasteiger charge is 2.27. The average Bonchev–Trinajstić information content (AvgIpc) is 3.13. The van der Waals surface area contributed by atoms with Crippen molar-refractivity contribution in [3.8, 4) is 0 Å². The van der Waals surface area contributed by atoms with Crippen molar-refractivity contribution in [3.05, 3.63) is 24.3 Å². The average molecular weight is 356 g/mol. The molecule has 6 nitrogen and oxygen atoms in total. The van der Waals surface area contributed by atoms with Gasteiger partial charge >= 0.3 is 0 Å². The summed E-state index contributed by atoms with van der Waals surface area (Å²) < 4.78 is 5.87. The first-order valence-corrected chi connectivity index (χ1v) is 9.83. The van der Waals surface area contributed by atoms with Crippen molar-refractivity contribution in [2.24, 2.45) is 5.92 Å². The van der Waals surface area contributed by atoms with E-state index in [0.29, 0.717) is 24.3 Å². The molecular formula is C20H28N4O2. The van der Waals surface area contributed by atoms with Crippen molar-refractivity contribution in [2.75, 3.05) is 50.7 Å². The second kappa shape index (κ2) is 7.66. The quantitative estimate of drug-likeness (QED) is 0.843. The van der Waals surface area contributed by atoms with E-state index in [0.717, 1.165) is 69.8 Å². The number of para-hydroxylation sites is 2. The summed E-state index contributed by atoms with van der Waals surface area (Å²) in [5, 5.41) is 0. The molecule has 0 aliphatic carbocycles. The second-order valence-electron chi connectivity index (χ2n) is 7.41. The summed E-state index contributed by atoms with van der Waals surface area (Å²) in [4.78, 5) is 23.9. The third-order valence-electron chi connectivity index (χ3n) is 5.80. The fraction of sp³-hybridized carbons (Fsp3) is 0.600. The van der Waals surface area contributed by atoms with Crippen LogP contribution in [0.2, 0.25) is 0 Å². The number of hydrogen-bond donors (Lipinski definition) is 0. The Bertz CT molecular complexity index is 710. The number of likely N-dealkylation sites (N-methyl/N-ethyl adjacent to an activating group) is 1. The maximum absolute atomic E-state index is 12.6. The summed E-state index contributed by atoms with van der Waals surface area (Å²) in [7, 11) is 0. The van der Waals surface area contributed by atoms with Gasteiger partial charge in [0.05, 0.1) is 0 Å². The van der Waals surface area contributed by atoms with Gasteiger partial charge in [-0.25, -0.2) is 0 Å². The molecule has 140 valence electrons. The number of rotatable bonds is 4. The van der Waals surface area contributed by atoms with E-state index in [2.05, 4.69) is 26.6 Å². The number of carbonyl (C=O) groups is 1. The lowest BCUT2D eigenvalue weighted by Crippen LogP contribution is -2.49. The molecule has 6 heteroatoms. The van der Waals surface area contributed by atoms with Crippen LogP contribution in [0.1, 0.15) is 26.2 Å². The maximum atomic E-state index is 12.6. The van der Waals surface area contributed by atoms with Crippen molar-refractivity contribution in [2.45, 2.75) is 26.2 Å². The van der Waals surface area contributed by atoms with Crippen LogP contribution in [0.15, 0.2) is 28.7 Å². The maximum Gasteiger partial charge on any atom is 0.298 e. The number of benzene rings is 1. The lowest BCUT2D eigenvalue weighted by molar-refractivity contribution is -0.134. The van der Waals surface area contributed by atoms with Crippen LogP contribution >= 0.6 is 0 Å². The summed E-state index contributed by atoms with van der Waals surface area (Å²) in [5.74, 6) is 0.813. The molecule has 3 heterocycles. The molecule has 0 unspecified atom stereocenters. The van der Waals surface area contributed by atoms with Gasteiger partial charge in [0, 0.05) is 45.7 Å². The fourth-order valence-electron chi connectivity index (χ4n) is 4.01. The Morgan fingerprint density at radius 3 is 2.54 bits per heavy atom. The number of aromatic nitrogens is 1. The SMILES string of the molecule is CCN1CCN(C(=O)CC2CCN(c3nc4ccccc4o3)CC2)CC1. The van der Waals surface area contributed by atoms with Crippen LogP contribution in [0.25, 0.3) is 11.1 Å². The normalized spacial score (nSPS) is 20.0. The number of piperazine rings is 1. The number of nitrogens with zero attached hydrogens (tertiary/aromatic N) is 4. The highest BCUT2D eigenvalue weighted by atomic mass is 16.4. The topological polar surface area (TPSA) is 52.8 Å². The van der Waals surface area contributed by atoms with E-state index in [9.17, 15) is 4.79 Å². The minimum Gasteiger partial charge on any atom is -0.423 e. The van der Waals surface area contributed by atoms with Gasteiger partial charge in [0.2, 0.25) is 5.91 Å². The van der Waals surface area contributed by atoms with E-state index in [1.54, 1.807) is 0 Å². The summed E-state index contributed by atoms with van der Waals surface area (Å²) in [6.45, 7) is 8.88. The Morgan fingerprint density at radius 2 is 1.85 bits per heavy atom. The molecule has 2 saturated heterocycles. The molecule has 4 rings (SSSR count). The number of oxazole rings is 1. The van der Waals surface area contributed by atoms with Crippen LogP contribution in [-0.4, -0.2) is 66.5 Å². The first-order valence-electron chi connectivity index (χ1n) is 9.83. The minimum absolute atomic E-state index is 0.334. The van der Waals surface area contributed by atoms with Crippen molar-refractivity contribution in [3.63, 3.8) is 0 Å². The van der Waals surface area contributed by atoms with E-state index in [4.69, 9.17) is 4.42 Å². The second-order valence-corrected chi connectivity index (χ2v) is 7.41. The van der Waals surface area contributed by atoms with Gasteiger partial charge in [0.1, 0.15) is 5.52 Å². The van der Waals surface area contributed by atoms with E-state index in [1.807, 2.05) is 24.3 Å². The van der Waals surface area contributed by atoms with Crippen molar-refractivity contribution >= 4 is 23.0 Å². The molecule has 26 heavy (non-hydrogen) atoms. The monoisotopic (exact) mass is 356 g/mol. The third-order valence-corrected chi connectivity index (χ3v) is 5.80. The van der Waals surface area contributed by atoms with Crippen LogP contribution < -0.4 is 4.90 Å². The molecule has 1 aromatic carbocycles. The summed E-state index contributed by atoms with van der Waals surface area (Å²) in [6, 6.07) is 8.59.